The molecular weight excluding hydrogens is 312 g/mol. The second kappa shape index (κ2) is 6.06. The minimum Gasteiger partial charge on any atom is -0.489 e. The maximum Gasteiger partial charge on any atom is 0.129 e. The van der Waals surface area contributed by atoms with Gasteiger partial charge in [-0.2, -0.15) is 0 Å². The lowest BCUT2D eigenvalue weighted by Crippen LogP contribution is -2.35. The Morgan fingerprint density at radius 1 is 1.26 bits per heavy atom. The number of halogens is 1. The molecule has 4 heteroatoms. The molecule has 0 fully saturated rings. The third-order valence-corrected chi connectivity index (χ3v) is 4.30. The summed E-state index contributed by atoms with van der Waals surface area (Å²) in [7, 11) is 0. The predicted molar refractivity (Wildman–Crippen MR) is 91.2 cm³/mol. The Morgan fingerprint density at radius 3 is 2.65 bits per heavy atom. The summed E-state index contributed by atoms with van der Waals surface area (Å²) in [6.07, 6.45) is 0.0882. The molecule has 3 rings (SSSR count). The summed E-state index contributed by atoms with van der Waals surface area (Å²) >= 11 is 5.89. The molecule has 0 saturated carbocycles. The first-order chi connectivity index (χ1) is 10.8. The van der Waals surface area contributed by atoms with E-state index in [1.54, 1.807) is 0 Å². The topological polar surface area (TPSA) is 38.7 Å². The molecule has 1 N–H and O–H groups in total. The molecule has 3 nitrogen and oxygen atoms in total. The number of aliphatic hydroxyl groups excluding tert-OH is 1. The first kappa shape index (κ1) is 16.2. The minimum atomic E-state index is -0.501. The molecule has 122 valence electrons. The van der Waals surface area contributed by atoms with Crippen LogP contribution in [0, 0.1) is 6.92 Å². The van der Waals surface area contributed by atoms with Crippen molar-refractivity contribution in [1.82, 2.24) is 0 Å². The first-order valence-corrected chi connectivity index (χ1v) is 8.11. The van der Waals surface area contributed by atoms with Gasteiger partial charge < -0.3 is 14.6 Å². The minimum absolute atomic E-state index is 0.381. The van der Waals surface area contributed by atoms with Crippen LogP contribution in [0.15, 0.2) is 36.4 Å². The number of aryl methyl sites for hydroxylation is 1. The monoisotopic (exact) mass is 332 g/mol. The normalized spacial score (nSPS) is 18.9. The highest BCUT2D eigenvalue weighted by molar-refractivity contribution is 6.30. The Bertz CT molecular complexity index is 707. The largest absolute Gasteiger partial charge is 0.489 e. The molecule has 0 spiro atoms. The van der Waals surface area contributed by atoms with E-state index in [-0.39, 0.29) is 5.60 Å². The van der Waals surface area contributed by atoms with Crippen molar-refractivity contribution >= 4 is 11.6 Å². The Morgan fingerprint density at radius 2 is 1.96 bits per heavy atom. The van der Waals surface area contributed by atoms with E-state index in [1.165, 1.54) is 0 Å². The van der Waals surface area contributed by atoms with Gasteiger partial charge in [0.25, 0.3) is 0 Å². The highest BCUT2D eigenvalue weighted by Gasteiger charge is 2.34. The fraction of sp³-hybridized carbons (Fsp3) is 0.368. The zero-order valence-corrected chi connectivity index (χ0v) is 14.4. The van der Waals surface area contributed by atoms with Gasteiger partial charge in [0, 0.05) is 23.1 Å². The zero-order valence-electron chi connectivity index (χ0n) is 13.6. The van der Waals surface area contributed by atoms with Gasteiger partial charge in [-0.25, -0.2) is 0 Å². The Kier molecular flexibility index (Phi) is 4.26. The number of rotatable bonds is 3. The van der Waals surface area contributed by atoms with Gasteiger partial charge in [0.05, 0.1) is 6.10 Å². The average molecular weight is 333 g/mol. The third-order valence-electron chi connectivity index (χ3n) is 4.05. The lowest BCUT2D eigenvalue weighted by atomic mass is 9.89. The van der Waals surface area contributed by atoms with Crippen LogP contribution in [0.3, 0.4) is 0 Å². The molecular formula is C19H21ClO3. The second-order valence-corrected chi connectivity index (χ2v) is 7.09. The van der Waals surface area contributed by atoms with Gasteiger partial charge in [-0.1, -0.05) is 23.7 Å². The van der Waals surface area contributed by atoms with Gasteiger partial charge >= 0.3 is 0 Å². The lowest BCUT2D eigenvalue weighted by Gasteiger charge is -2.36. The molecule has 1 aliphatic rings. The molecule has 0 aliphatic carbocycles. The van der Waals surface area contributed by atoms with Crippen molar-refractivity contribution in [3.8, 4) is 11.5 Å². The molecule has 1 aliphatic heterocycles. The molecule has 2 aromatic carbocycles. The zero-order chi connectivity index (χ0) is 16.6. The van der Waals surface area contributed by atoms with Crippen molar-refractivity contribution in [2.75, 3.05) is 0 Å². The molecule has 1 heterocycles. The quantitative estimate of drug-likeness (QED) is 0.875. The van der Waals surface area contributed by atoms with Gasteiger partial charge in [0.1, 0.15) is 23.7 Å². The van der Waals surface area contributed by atoms with Gasteiger partial charge in [-0.3, -0.25) is 0 Å². The van der Waals surface area contributed by atoms with Crippen LogP contribution < -0.4 is 9.47 Å². The molecule has 23 heavy (non-hydrogen) atoms. The van der Waals surface area contributed by atoms with E-state index in [0.29, 0.717) is 23.8 Å². The lowest BCUT2D eigenvalue weighted by molar-refractivity contribution is 0.0109. The molecule has 0 aromatic heterocycles. The van der Waals surface area contributed by atoms with Gasteiger partial charge in [0.15, 0.2) is 0 Å². The molecule has 1 unspecified atom stereocenters. The first-order valence-electron chi connectivity index (χ1n) is 7.73. The van der Waals surface area contributed by atoms with Crippen molar-refractivity contribution in [3.05, 3.63) is 58.1 Å². The number of ether oxygens (including phenoxy) is 2. The summed E-state index contributed by atoms with van der Waals surface area (Å²) < 4.78 is 11.9. The van der Waals surface area contributed by atoms with Crippen LogP contribution in [0.4, 0.5) is 0 Å². The van der Waals surface area contributed by atoms with Crippen LogP contribution >= 0.6 is 11.6 Å². The summed E-state index contributed by atoms with van der Waals surface area (Å²) in [6.45, 7) is 6.39. The SMILES string of the molecule is Cc1cc(OCc2ccc(Cl)cc2)cc2c1C(O)CC(C)(C)O2. The number of fused-ring (bicyclic) bond motifs is 1. The number of benzene rings is 2. The standard InChI is InChI=1S/C19H21ClO3/c1-12-8-15(22-11-13-4-6-14(20)7-5-13)9-17-18(12)16(21)10-19(2,3)23-17/h4-9,16,21H,10-11H2,1-3H3. The van der Waals surface area contributed by atoms with Crippen molar-refractivity contribution in [1.29, 1.82) is 0 Å². The van der Waals surface area contributed by atoms with Crippen molar-refractivity contribution in [3.63, 3.8) is 0 Å². The highest BCUT2D eigenvalue weighted by Crippen LogP contribution is 2.43. The van der Waals surface area contributed by atoms with Crippen molar-refractivity contribution in [2.24, 2.45) is 0 Å². The summed E-state index contributed by atoms with van der Waals surface area (Å²) in [5.41, 5.74) is 2.51. The number of hydrogen-bond acceptors (Lipinski definition) is 3. The summed E-state index contributed by atoms with van der Waals surface area (Å²) in [5, 5.41) is 11.1. The Balaban J connectivity index is 1.82. The number of hydrogen-bond donors (Lipinski definition) is 1. The molecule has 1 atom stereocenters. The van der Waals surface area contributed by atoms with Crippen LogP contribution in [-0.4, -0.2) is 10.7 Å². The van der Waals surface area contributed by atoms with Crippen LogP contribution in [0.25, 0.3) is 0 Å². The molecule has 0 amide bonds. The number of aliphatic hydroxyl groups is 1. The third kappa shape index (κ3) is 3.62. The predicted octanol–water partition coefficient (Wildman–Crippen LogP) is 4.82. The molecule has 0 radical (unpaired) electrons. The average Bonchev–Trinajstić information content (AvgIpc) is 2.44. The van der Waals surface area contributed by atoms with Crippen LogP contribution in [-0.2, 0) is 6.61 Å². The Labute approximate surface area is 141 Å². The van der Waals surface area contributed by atoms with Gasteiger partial charge in [-0.15, -0.1) is 0 Å². The Hall–Kier alpha value is -1.71. The van der Waals surface area contributed by atoms with Gasteiger partial charge in [0.2, 0.25) is 0 Å². The van der Waals surface area contributed by atoms with E-state index in [1.807, 2.05) is 57.2 Å². The summed E-state index contributed by atoms with van der Waals surface area (Å²) in [4.78, 5) is 0. The fourth-order valence-corrected chi connectivity index (χ4v) is 3.11. The van der Waals surface area contributed by atoms with E-state index in [2.05, 4.69) is 0 Å². The summed E-state index contributed by atoms with van der Waals surface area (Å²) in [5.74, 6) is 1.45. The summed E-state index contributed by atoms with van der Waals surface area (Å²) in [6, 6.07) is 11.4. The second-order valence-electron chi connectivity index (χ2n) is 6.65. The molecule has 0 bridgehead atoms. The smallest absolute Gasteiger partial charge is 0.129 e. The fourth-order valence-electron chi connectivity index (χ4n) is 2.98. The van der Waals surface area contributed by atoms with Crippen LogP contribution in [0.2, 0.25) is 5.02 Å². The maximum atomic E-state index is 10.4. The highest BCUT2D eigenvalue weighted by atomic mass is 35.5. The van der Waals surface area contributed by atoms with Crippen LogP contribution in [0.1, 0.15) is 43.1 Å². The molecule has 0 saturated heterocycles. The maximum absolute atomic E-state index is 10.4. The van der Waals surface area contributed by atoms with E-state index in [9.17, 15) is 5.11 Å². The van der Waals surface area contributed by atoms with Crippen molar-refractivity contribution in [2.45, 2.75) is 45.5 Å². The molecule has 2 aromatic rings. The van der Waals surface area contributed by atoms with Crippen LogP contribution in [0.5, 0.6) is 11.5 Å². The van der Waals surface area contributed by atoms with E-state index < -0.39 is 6.10 Å². The van der Waals surface area contributed by atoms with Gasteiger partial charge in [-0.05, 0) is 50.1 Å². The van der Waals surface area contributed by atoms with E-state index in [4.69, 9.17) is 21.1 Å². The van der Waals surface area contributed by atoms with E-state index in [0.717, 1.165) is 22.4 Å². The van der Waals surface area contributed by atoms with E-state index >= 15 is 0 Å². The van der Waals surface area contributed by atoms with Crippen molar-refractivity contribution < 1.29 is 14.6 Å².